The Kier molecular flexibility index (Phi) is 7.11. The van der Waals surface area contributed by atoms with Crippen molar-refractivity contribution in [2.45, 2.75) is 5.41 Å². The van der Waals surface area contributed by atoms with Crippen LogP contribution in [-0.2, 0) is 5.41 Å². The lowest BCUT2D eigenvalue weighted by Crippen LogP contribution is -2.28. The van der Waals surface area contributed by atoms with Crippen molar-refractivity contribution in [3.8, 4) is 22.3 Å². The molecule has 0 saturated heterocycles. The molecule has 0 aliphatic heterocycles. The number of rotatable bonds is 6. The Morgan fingerprint density at radius 2 is 0.846 bits per heavy atom. The SMILES string of the molecule is c1ccc(N(c2ccc(-c3ccc4c(ccc5ccccc54)c3)cc2)c2ccc3c(c2)C(c2ccccc2)(c2ccccc2)c2ccccc2-3)cc1. The van der Waals surface area contributed by atoms with E-state index in [9.17, 15) is 0 Å². The Morgan fingerprint density at radius 3 is 1.60 bits per heavy atom. The van der Waals surface area contributed by atoms with Crippen molar-refractivity contribution in [1.82, 2.24) is 0 Å². The summed E-state index contributed by atoms with van der Waals surface area (Å²) >= 11 is 0. The highest BCUT2D eigenvalue weighted by molar-refractivity contribution is 6.08. The van der Waals surface area contributed by atoms with Crippen molar-refractivity contribution in [2.24, 2.45) is 0 Å². The highest BCUT2D eigenvalue weighted by Crippen LogP contribution is 2.57. The average Bonchev–Trinajstić information content (AvgIpc) is 3.52. The van der Waals surface area contributed by atoms with E-state index in [0.29, 0.717) is 0 Å². The van der Waals surface area contributed by atoms with Crippen molar-refractivity contribution in [2.75, 3.05) is 4.90 Å². The van der Waals surface area contributed by atoms with Crippen LogP contribution in [0.25, 0.3) is 43.8 Å². The van der Waals surface area contributed by atoms with Gasteiger partial charge in [0.15, 0.2) is 0 Å². The number of hydrogen-bond acceptors (Lipinski definition) is 1. The molecule has 244 valence electrons. The summed E-state index contributed by atoms with van der Waals surface area (Å²) in [7, 11) is 0. The van der Waals surface area contributed by atoms with Gasteiger partial charge >= 0.3 is 0 Å². The van der Waals surface area contributed by atoms with Gasteiger partial charge in [0.25, 0.3) is 0 Å². The number of nitrogens with zero attached hydrogens (tertiary/aromatic N) is 1. The zero-order valence-corrected chi connectivity index (χ0v) is 28.7. The lowest BCUT2D eigenvalue weighted by Gasteiger charge is -2.35. The second-order valence-electron chi connectivity index (χ2n) is 13.7. The summed E-state index contributed by atoms with van der Waals surface area (Å²) in [6, 6.07) is 77.7. The minimum atomic E-state index is -0.460. The van der Waals surface area contributed by atoms with Crippen LogP contribution in [0.3, 0.4) is 0 Å². The standard InChI is InChI=1S/C51H35N/c1-4-15-40(16-5-1)51(41-17-6-2-7-18-41)49-23-13-12-22-47(49)48-33-31-44(35-50(48)51)52(42-19-8-3-9-20-42)43-29-26-36(27-30-43)38-28-32-46-39(34-38)25-24-37-14-10-11-21-45(37)46/h1-35H. The van der Waals surface area contributed by atoms with Crippen LogP contribution in [0.1, 0.15) is 22.3 Å². The van der Waals surface area contributed by atoms with Crippen LogP contribution in [0.2, 0.25) is 0 Å². The molecule has 0 bridgehead atoms. The lowest BCUT2D eigenvalue weighted by molar-refractivity contribution is 0.768. The van der Waals surface area contributed by atoms with Crippen LogP contribution in [-0.4, -0.2) is 0 Å². The first-order valence-corrected chi connectivity index (χ1v) is 18.0. The third kappa shape index (κ3) is 4.71. The van der Waals surface area contributed by atoms with Gasteiger partial charge in [0.05, 0.1) is 5.41 Å². The lowest BCUT2D eigenvalue weighted by atomic mass is 9.67. The summed E-state index contributed by atoms with van der Waals surface area (Å²) in [5, 5.41) is 5.11. The van der Waals surface area contributed by atoms with Crippen molar-refractivity contribution in [3.63, 3.8) is 0 Å². The van der Waals surface area contributed by atoms with Gasteiger partial charge < -0.3 is 4.90 Å². The van der Waals surface area contributed by atoms with Gasteiger partial charge in [0.1, 0.15) is 0 Å². The fraction of sp³-hybridized carbons (Fsp3) is 0.0196. The van der Waals surface area contributed by atoms with E-state index in [1.54, 1.807) is 0 Å². The molecule has 0 heterocycles. The van der Waals surface area contributed by atoms with Crippen molar-refractivity contribution >= 4 is 38.6 Å². The van der Waals surface area contributed by atoms with E-state index in [-0.39, 0.29) is 0 Å². The normalized spacial score (nSPS) is 12.8. The monoisotopic (exact) mass is 661 g/mol. The first kappa shape index (κ1) is 30.2. The number of para-hydroxylation sites is 1. The topological polar surface area (TPSA) is 3.24 Å². The van der Waals surface area contributed by atoms with E-state index < -0.39 is 5.41 Å². The second-order valence-corrected chi connectivity index (χ2v) is 13.7. The Labute approximate surface area is 304 Å². The Balaban J connectivity index is 1.12. The van der Waals surface area contributed by atoms with Crippen molar-refractivity contribution < 1.29 is 0 Å². The maximum atomic E-state index is 2.43. The van der Waals surface area contributed by atoms with Crippen LogP contribution < -0.4 is 4.90 Å². The molecule has 1 aliphatic rings. The molecule has 52 heavy (non-hydrogen) atoms. The molecule has 0 N–H and O–H groups in total. The third-order valence-corrected chi connectivity index (χ3v) is 10.9. The van der Waals surface area contributed by atoms with Gasteiger partial charge in [-0.05, 0) is 109 Å². The Morgan fingerprint density at radius 1 is 0.308 bits per heavy atom. The summed E-state index contributed by atoms with van der Waals surface area (Å²) in [5.41, 5.74) is 13.0. The largest absolute Gasteiger partial charge is 0.310 e. The van der Waals surface area contributed by atoms with E-state index in [4.69, 9.17) is 0 Å². The van der Waals surface area contributed by atoms with E-state index in [2.05, 4.69) is 217 Å². The van der Waals surface area contributed by atoms with Crippen molar-refractivity contribution in [1.29, 1.82) is 0 Å². The summed E-state index contributed by atoms with van der Waals surface area (Å²) in [6.45, 7) is 0. The van der Waals surface area contributed by atoms with Crippen LogP contribution in [0, 0.1) is 0 Å². The first-order chi connectivity index (χ1) is 25.8. The fourth-order valence-corrected chi connectivity index (χ4v) is 8.59. The molecule has 0 aromatic heterocycles. The third-order valence-electron chi connectivity index (χ3n) is 10.9. The van der Waals surface area contributed by atoms with E-state index in [1.165, 1.54) is 66.1 Å². The molecule has 1 heteroatoms. The van der Waals surface area contributed by atoms with E-state index >= 15 is 0 Å². The molecule has 0 amide bonds. The van der Waals surface area contributed by atoms with Crippen LogP contribution in [0.4, 0.5) is 17.1 Å². The van der Waals surface area contributed by atoms with Gasteiger partial charge in [-0.15, -0.1) is 0 Å². The minimum Gasteiger partial charge on any atom is -0.310 e. The number of benzene rings is 9. The summed E-state index contributed by atoms with van der Waals surface area (Å²) in [6.07, 6.45) is 0. The van der Waals surface area contributed by atoms with E-state index in [0.717, 1.165) is 17.1 Å². The molecule has 0 fully saturated rings. The highest BCUT2D eigenvalue weighted by atomic mass is 15.1. The van der Waals surface area contributed by atoms with Gasteiger partial charge in [-0.1, -0.05) is 170 Å². The fourth-order valence-electron chi connectivity index (χ4n) is 8.59. The zero-order valence-electron chi connectivity index (χ0n) is 28.7. The summed E-state index contributed by atoms with van der Waals surface area (Å²) in [4.78, 5) is 2.39. The number of fused-ring (bicyclic) bond motifs is 6. The molecular weight excluding hydrogens is 627 g/mol. The Bertz CT molecular complexity index is 2670. The average molecular weight is 662 g/mol. The molecule has 9 aromatic rings. The number of anilines is 3. The molecule has 0 unspecified atom stereocenters. The summed E-state index contributed by atoms with van der Waals surface area (Å²) < 4.78 is 0. The minimum absolute atomic E-state index is 0.460. The molecule has 1 nitrogen and oxygen atoms in total. The maximum Gasteiger partial charge on any atom is 0.0714 e. The van der Waals surface area contributed by atoms with Gasteiger partial charge in [0.2, 0.25) is 0 Å². The Hall–Kier alpha value is -6.70. The predicted octanol–water partition coefficient (Wildman–Crippen LogP) is 13.5. The first-order valence-electron chi connectivity index (χ1n) is 18.0. The predicted molar refractivity (Wildman–Crippen MR) is 219 cm³/mol. The molecule has 0 radical (unpaired) electrons. The maximum absolute atomic E-state index is 2.43. The molecular formula is C51H35N. The molecule has 10 rings (SSSR count). The second kappa shape index (κ2) is 12.3. The quantitative estimate of drug-likeness (QED) is 0.160. The van der Waals surface area contributed by atoms with Crippen molar-refractivity contribution in [3.05, 3.63) is 235 Å². The van der Waals surface area contributed by atoms with E-state index in [1.807, 2.05) is 0 Å². The zero-order chi connectivity index (χ0) is 34.5. The summed E-state index contributed by atoms with van der Waals surface area (Å²) in [5.74, 6) is 0. The number of hydrogen-bond donors (Lipinski definition) is 0. The van der Waals surface area contributed by atoms with Gasteiger partial charge in [-0.25, -0.2) is 0 Å². The molecule has 0 atom stereocenters. The molecule has 0 saturated carbocycles. The molecule has 0 spiro atoms. The van der Waals surface area contributed by atoms with Crippen LogP contribution in [0.5, 0.6) is 0 Å². The van der Waals surface area contributed by atoms with Gasteiger partial charge in [0, 0.05) is 17.1 Å². The van der Waals surface area contributed by atoms with Crippen LogP contribution >= 0.6 is 0 Å². The molecule has 9 aromatic carbocycles. The van der Waals surface area contributed by atoms with Gasteiger partial charge in [-0.3, -0.25) is 0 Å². The highest BCUT2D eigenvalue weighted by Gasteiger charge is 2.46. The van der Waals surface area contributed by atoms with Crippen LogP contribution in [0.15, 0.2) is 212 Å². The smallest absolute Gasteiger partial charge is 0.0714 e. The van der Waals surface area contributed by atoms with Gasteiger partial charge in [-0.2, -0.15) is 0 Å². The molecule has 1 aliphatic carbocycles.